The summed E-state index contributed by atoms with van der Waals surface area (Å²) in [5.74, 6) is -6.40. The number of halogens is 4. The minimum atomic E-state index is -1.65. The first-order valence-corrected chi connectivity index (χ1v) is 5.54. The zero-order valence-electron chi connectivity index (χ0n) is 7.55. The van der Waals surface area contributed by atoms with Crippen LogP contribution in [0.15, 0.2) is 9.79 Å². The Kier molecular flexibility index (Phi) is 4.87. The molecule has 0 aliphatic heterocycles. The third-order valence-corrected chi connectivity index (χ3v) is 2.95. The van der Waals surface area contributed by atoms with Crippen LogP contribution in [-0.2, 0) is 9.37 Å². The van der Waals surface area contributed by atoms with Gasteiger partial charge in [-0.15, -0.1) is 11.8 Å². The third-order valence-electron chi connectivity index (χ3n) is 1.53. The highest BCUT2D eigenvalue weighted by atomic mass is 32.2. The molecule has 0 fully saturated rings. The maximum Gasteiger partial charge on any atom is 0.179 e. The quantitative estimate of drug-likeness (QED) is 0.210. The lowest BCUT2D eigenvalue weighted by atomic mass is 10.3. The molecule has 0 aliphatic rings. The van der Waals surface area contributed by atoms with E-state index in [0.29, 0.717) is 11.8 Å². The average molecular weight is 275 g/mol. The summed E-state index contributed by atoms with van der Waals surface area (Å²) in [6.45, 7) is 0. The number of rotatable bonds is 4. The van der Waals surface area contributed by atoms with E-state index < -0.39 is 33.1 Å². The second-order valence-electron chi connectivity index (χ2n) is 2.34. The molecule has 1 rings (SSSR count). The van der Waals surface area contributed by atoms with E-state index in [0.717, 1.165) is 0 Å². The van der Waals surface area contributed by atoms with Gasteiger partial charge in [0, 0.05) is 0 Å². The van der Waals surface area contributed by atoms with Gasteiger partial charge in [-0.25, -0.2) is 17.6 Å². The molecule has 16 heavy (non-hydrogen) atoms. The van der Waals surface area contributed by atoms with E-state index in [1.807, 2.05) is 0 Å². The van der Waals surface area contributed by atoms with Gasteiger partial charge in [-0.1, -0.05) is 0 Å². The summed E-state index contributed by atoms with van der Waals surface area (Å²) in [6.07, 6.45) is 1.25. The lowest BCUT2D eigenvalue weighted by Crippen LogP contribution is -2.05. The van der Waals surface area contributed by atoms with Crippen LogP contribution in [0.3, 0.4) is 0 Å². The van der Waals surface area contributed by atoms with E-state index in [2.05, 4.69) is 9.37 Å². The summed E-state index contributed by atoms with van der Waals surface area (Å²) in [5, 5.41) is 12.3. The first kappa shape index (κ1) is 13.6. The van der Waals surface area contributed by atoms with Crippen LogP contribution in [0.4, 0.5) is 17.6 Å². The maximum absolute atomic E-state index is 13.2. The van der Waals surface area contributed by atoms with Crippen molar-refractivity contribution in [2.75, 3.05) is 6.26 Å². The van der Waals surface area contributed by atoms with Gasteiger partial charge >= 0.3 is 0 Å². The van der Waals surface area contributed by atoms with E-state index >= 15 is 0 Å². The molecule has 0 N–H and O–H groups in total. The van der Waals surface area contributed by atoms with Gasteiger partial charge in [0.15, 0.2) is 23.3 Å². The summed E-state index contributed by atoms with van der Waals surface area (Å²) in [5.41, 5.74) is 0. The Morgan fingerprint density at radius 3 is 1.75 bits per heavy atom. The Balaban J connectivity index is 3.29. The molecule has 0 saturated carbocycles. The predicted molar refractivity (Wildman–Crippen MR) is 46.1 cm³/mol. The van der Waals surface area contributed by atoms with Crippen molar-refractivity contribution in [2.45, 2.75) is 9.79 Å². The fourth-order valence-corrected chi connectivity index (χ4v) is 1.85. The summed E-state index contributed by atoms with van der Waals surface area (Å²) < 4.78 is 56.2. The van der Waals surface area contributed by atoms with Crippen LogP contribution in [0.25, 0.3) is 0 Å². The molecule has 1 aromatic carbocycles. The van der Waals surface area contributed by atoms with Gasteiger partial charge in [0.2, 0.25) is 0 Å². The Morgan fingerprint density at radius 2 is 1.38 bits per heavy atom. The van der Waals surface area contributed by atoms with Crippen LogP contribution in [0, 0.1) is 23.3 Å². The second-order valence-corrected chi connectivity index (χ2v) is 3.87. The molecule has 9 heteroatoms. The highest BCUT2D eigenvalue weighted by Crippen LogP contribution is 2.35. The topological polar surface area (TPSA) is 41.5 Å². The lowest BCUT2D eigenvalue weighted by molar-refractivity contribution is -0.777. The van der Waals surface area contributed by atoms with Gasteiger partial charge in [0.25, 0.3) is 0 Å². The van der Waals surface area contributed by atoms with Crippen LogP contribution >= 0.6 is 23.8 Å². The molecule has 1 aromatic rings. The molecule has 0 amide bonds. The van der Waals surface area contributed by atoms with Crippen molar-refractivity contribution in [3.63, 3.8) is 0 Å². The van der Waals surface area contributed by atoms with Crippen molar-refractivity contribution in [3.8, 4) is 0 Å². The van der Waals surface area contributed by atoms with E-state index in [1.54, 1.807) is 0 Å². The predicted octanol–water partition coefficient (Wildman–Crippen LogP) is 2.20. The Hall–Kier alpha value is -0.480. The zero-order chi connectivity index (χ0) is 12.3. The van der Waals surface area contributed by atoms with E-state index in [4.69, 9.17) is 0 Å². The normalized spacial score (nSPS) is 10.9. The molecule has 0 aliphatic carbocycles. The fourth-order valence-electron chi connectivity index (χ4n) is 0.892. The van der Waals surface area contributed by atoms with Crippen LogP contribution in [0.5, 0.6) is 0 Å². The van der Waals surface area contributed by atoms with Crippen LogP contribution in [0.1, 0.15) is 0 Å². The third kappa shape index (κ3) is 2.43. The molecule has 0 aromatic heterocycles. The van der Waals surface area contributed by atoms with E-state index in [9.17, 15) is 22.8 Å². The SMILES string of the molecule is CSc1c(F)c(F)c(SOO[O-])c(F)c1F. The van der Waals surface area contributed by atoms with Gasteiger partial charge in [0.05, 0.1) is 16.9 Å². The number of benzene rings is 1. The van der Waals surface area contributed by atoms with Gasteiger partial charge in [0.1, 0.15) is 4.90 Å². The van der Waals surface area contributed by atoms with Crippen molar-refractivity contribution in [1.29, 1.82) is 0 Å². The molecule has 0 bridgehead atoms. The molecule has 0 atom stereocenters. The summed E-state index contributed by atoms with van der Waals surface area (Å²) >= 11 is 0.257. The summed E-state index contributed by atoms with van der Waals surface area (Å²) in [4.78, 5) is -1.91. The highest BCUT2D eigenvalue weighted by molar-refractivity contribution is 7.98. The molecule has 3 nitrogen and oxygen atoms in total. The smallest absolute Gasteiger partial charge is 0.179 e. The second kappa shape index (κ2) is 5.73. The van der Waals surface area contributed by atoms with Crippen molar-refractivity contribution < 1.29 is 32.2 Å². The monoisotopic (exact) mass is 275 g/mol. The minimum Gasteiger partial charge on any atom is -0.691 e. The van der Waals surface area contributed by atoms with Gasteiger partial charge in [-0.2, -0.15) is 4.33 Å². The maximum atomic E-state index is 13.2. The molecule has 0 unspecified atom stereocenters. The molecule has 0 saturated heterocycles. The molecular formula is C7H3F4O3S2-. The molecule has 0 spiro atoms. The number of hydrogen-bond acceptors (Lipinski definition) is 5. The van der Waals surface area contributed by atoms with Gasteiger partial charge in [-0.3, -0.25) is 5.04 Å². The molecule has 0 heterocycles. The highest BCUT2D eigenvalue weighted by Gasteiger charge is 2.25. The van der Waals surface area contributed by atoms with Crippen molar-refractivity contribution in [3.05, 3.63) is 23.3 Å². The fraction of sp³-hybridized carbons (Fsp3) is 0.143. The first-order chi connectivity index (χ1) is 7.54. The number of thioether (sulfide) groups is 1. The van der Waals surface area contributed by atoms with Gasteiger partial charge < -0.3 is 5.26 Å². The Labute approximate surface area is 95.8 Å². The first-order valence-electron chi connectivity index (χ1n) is 3.57. The Morgan fingerprint density at radius 1 is 0.938 bits per heavy atom. The number of hydrogen-bond donors (Lipinski definition) is 0. The summed E-state index contributed by atoms with van der Waals surface area (Å²) in [7, 11) is 0. The largest absolute Gasteiger partial charge is 0.691 e. The van der Waals surface area contributed by atoms with Crippen LogP contribution < -0.4 is 5.26 Å². The Bertz CT molecular complexity index is 373. The van der Waals surface area contributed by atoms with Crippen LogP contribution in [-0.4, -0.2) is 6.26 Å². The summed E-state index contributed by atoms with van der Waals surface area (Å²) in [6, 6.07) is 0. The average Bonchev–Trinajstić information content (AvgIpc) is 2.27. The standard InChI is InChI=1S/C7H4F4O3S2/c1-15-6-2(8)4(10)7(16-14-13-12)5(11)3(6)9/h12H,1H3/p-1. The van der Waals surface area contributed by atoms with Gasteiger partial charge in [-0.05, 0) is 6.26 Å². The lowest BCUT2D eigenvalue weighted by Gasteiger charge is -2.09. The van der Waals surface area contributed by atoms with E-state index in [1.165, 1.54) is 6.26 Å². The zero-order valence-corrected chi connectivity index (χ0v) is 9.19. The van der Waals surface area contributed by atoms with Crippen molar-refractivity contribution in [1.82, 2.24) is 0 Å². The minimum absolute atomic E-state index is 0.253. The molecular weight excluding hydrogens is 272 g/mol. The molecule has 0 radical (unpaired) electrons. The molecule has 90 valence electrons. The van der Waals surface area contributed by atoms with Crippen LogP contribution in [0.2, 0.25) is 0 Å². The van der Waals surface area contributed by atoms with E-state index in [-0.39, 0.29) is 12.0 Å². The van der Waals surface area contributed by atoms with Crippen molar-refractivity contribution >= 4 is 23.8 Å². The van der Waals surface area contributed by atoms with Crippen molar-refractivity contribution in [2.24, 2.45) is 0 Å².